The number of fused-ring (bicyclic) bond motifs is 1. The SMILES string of the molecule is C=CCn1c(=S)[nH]c2cc(-c3cccc(Cl)c3)sc2c1=O. The number of aromatic amines is 1. The van der Waals surface area contributed by atoms with Gasteiger partial charge in [-0.3, -0.25) is 9.36 Å². The lowest BCUT2D eigenvalue weighted by Crippen LogP contribution is -2.20. The van der Waals surface area contributed by atoms with E-state index in [1.165, 1.54) is 15.9 Å². The van der Waals surface area contributed by atoms with Crippen molar-refractivity contribution in [3.8, 4) is 10.4 Å². The Bertz CT molecular complexity index is 952. The summed E-state index contributed by atoms with van der Waals surface area (Å²) >= 11 is 12.7. The molecule has 0 aliphatic carbocycles. The first kappa shape index (κ1) is 14.3. The molecular formula is C15H11ClN2OS2. The largest absolute Gasteiger partial charge is 0.331 e. The summed E-state index contributed by atoms with van der Waals surface area (Å²) in [4.78, 5) is 16.5. The predicted octanol–water partition coefficient (Wildman–Crippen LogP) is 4.63. The Balaban J connectivity index is 2.26. The summed E-state index contributed by atoms with van der Waals surface area (Å²) in [5.41, 5.74) is 1.65. The molecule has 1 N–H and O–H groups in total. The third kappa shape index (κ3) is 2.60. The van der Waals surface area contributed by atoms with Crippen molar-refractivity contribution in [3.63, 3.8) is 0 Å². The van der Waals surface area contributed by atoms with Crippen LogP contribution in [0.25, 0.3) is 20.7 Å². The number of H-pyrrole nitrogens is 1. The van der Waals surface area contributed by atoms with Gasteiger partial charge in [0.25, 0.3) is 5.56 Å². The second kappa shape index (κ2) is 5.60. The van der Waals surface area contributed by atoms with Gasteiger partial charge < -0.3 is 4.98 Å². The van der Waals surface area contributed by atoms with Crippen molar-refractivity contribution >= 4 is 45.4 Å². The number of aromatic nitrogens is 2. The van der Waals surface area contributed by atoms with Crippen LogP contribution >= 0.6 is 35.2 Å². The molecule has 106 valence electrons. The lowest BCUT2D eigenvalue weighted by Gasteiger charge is -2.01. The Labute approximate surface area is 135 Å². The van der Waals surface area contributed by atoms with Crippen LogP contribution < -0.4 is 5.56 Å². The number of allylic oxidation sites excluding steroid dienone is 1. The number of thiophene rings is 1. The summed E-state index contributed by atoms with van der Waals surface area (Å²) in [5.74, 6) is 0. The molecule has 0 aliphatic rings. The van der Waals surface area contributed by atoms with Gasteiger partial charge >= 0.3 is 0 Å². The van der Waals surface area contributed by atoms with Gasteiger partial charge in [0.15, 0.2) is 4.77 Å². The molecule has 0 fully saturated rings. The Kier molecular flexibility index (Phi) is 3.80. The van der Waals surface area contributed by atoms with Crippen LogP contribution in [0, 0.1) is 4.77 Å². The third-order valence-electron chi connectivity index (χ3n) is 3.08. The number of nitrogens with one attached hydrogen (secondary N) is 1. The zero-order valence-electron chi connectivity index (χ0n) is 10.9. The number of rotatable bonds is 3. The van der Waals surface area contributed by atoms with Gasteiger partial charge in [-0.25, -0.2) is 0 Å². The highest BCUT2D eigenvalue weighted by Crippen LogP contribution is 2.32. The molecular weight excluding hydrogens is 324 g/mol. The summed E-state index contributed by atoms with van der Waals surface area (Å²) in [6.45, 7) is 4.05. The molecule has 0 saturated heterocycles. The first-order chi connectivity index (χ1) is 10.1. The molecule has 0 atom stereocenters. The van der Waals surface area contributed by atoms with Crippen LogP contribution in [0.1, 0.15) is 0 Å². The van der Waals surface area contributed by atoms with Crippen LogP contribution in [0.15, 0.2) is 47.8 Å². The molecule has 1 aromatic carbocycles. The van der Waals surface area contributed by atoms with Gasteiger partial charge in [0.1, 0.15) is 4.70 Å². The van der Waals surface area contributed by atoms with Crippen LogP contribution in [-0.2, 0) is 6.54 Å². The van der Waals surface area contributed by atoms with Crippen molar-refractivity contribution < 1.29 is 0 Å². The molecule has 2 heterocycles. The fourth-order valence-electron chi connectivity index (χ4n) is 2.12. The molecule has 2 aromatic heterocycles. The molecule has 3 rings (SSSR count). The standard InChI is InChI=1S/C15H11ClN2OS2/c1-2-6-18-14(19)13-11(17-15(18)20)8-12(21-13)9-4-3-5-10(16)7-9/h2-5,7-8H,1,6H2,(H,17,20). The first-order valence-corrected chi connectivity index (χ1v) is 7.84. The summed E-state index contributed by atoms with van der Waals surface area (Å²) < 4.78 is 2.56. The predicted molar refractivity (Wildman–Crippen MR) is 91.9 cm³/mol. The number of nitrogens with zero attached hydrogens (tertiary/aromatic N) is 1. The molecule has 3 aromatic rings. The highest BCUT2D eigenvalue weighted by Gasteiger charge is 2.10. The summed E-state index contributed by atoms with van der Waals surface area (Å²) in [6, 6.07) is 9.49. The van der Waals surface area contributed by atoms with Gasteiger partial charge in [0, 0.05) is 16.4 Å². The summed E-state index contributed by atoms with van der Waals surface area (Å²) in [5, 5.41) is 0.668. The lowest BCUT2D eigenvalue weighted by molar-refractivity contribution is 0.754. The minimum atomic E-state index is -0.0908. The first-order valence-electron chi connectivity index (χ1n) is 6.23. The van der Waals surface area contributed by atoms with E-state index in [9.17, 15) is 4.79 Å². The smallest absolute Gasteiger partial charge is 0.272 e. The molecule has 0 unspecified atom stereocenters. The second-order valence-corrected chi connectivity index (χ2v) is 6.37. The second-order valence-electron chi connectivity index (χ2n) is 4.50. The number of benzene rings is 1. The maximum Gasteiger partial charge on any atom is 0.272 e. The van der Waals surface area contributed by atoms with E-state index < -0.39 is 0 Å². The van der Waals surface area contributed by atoms with E-state index in [1.807, 2.05) is 30.3 Å². The minimum Gasteiger partial charge on any atom is -0.331 e. The fourth-order valence-corrected chi connectivity index (χ4v) is 3.64. The van der Waals surface area contributed by atoms with Crippen molar-refractivity contribution in [3.05, 3.63) is 63.1 Å². The average Bonchev–Trinajstić information content (AvgIpc) is 2.87. The van der Waals surface area contributed by atoms with E-state index >= 15 is 0 Å². The van der Waals surface area contributed by atoms with E-state index in [0.29, 0.717) is 21.0 Å². The molecule has 0 aliphatic heterocycles. The molecule has 21 heavy (non-hydrogen) atoms. The Morgan fingerprint density at radius 2 is 2.24 bits per heavy atom. The molecule has 0 saturated carbocycles. The van der Waals surface area contributed by atoms with Gasteiger partial charge in [-0.05, 0) is 36.0 Å². The molecule has 0 spiro atoms. The van der Waals surface area contributed by atoms with Gasteiger partial charge in [0.05, 0.1) is 5.52 Å². The third-order valence-corrected chi connectivity index (χ3v) is 4.81. The Morgan fingerprint density at radius 1 is 1.43 bits per heavy atom. The number of hydrogen-bond acceptors (Lipinski definition) is 3. The van der Waals surface area contributed by atoms with Crippen LogP contribution in [-0.4, -0.2) is 9.55 Å². The zero-order valence-corrected chi connectivity index (χ0v) is 13.3. The van der Waals surface area contributed by atoms with Crippen LogP contribution in [0.5, 0.6) is 0 Å². The lowest BCUT2D eigenvalue weighted by atomic mass is 10.2. The highest BCUT2D eigenvalue weighted by molar-refractivity contribution is 7.71. The average molecular weight is 335 g/mol. The van der Waals surface area contributed by atoms with Crippen molar-refractivity contribution in [1.82, 2.24) is 9.55 Å². The molecule has 0 amide bonds. The minimum absolute atomic E-state index is 0.0908. The topological polar surface area (TPSA) is 37.8 Å². The van der Waals surface area contributed by atoms with Crippen molar-refractivity contribution in [2.75, 3.05) is 0 Å². The normalized spacial score (nSPS) is 10.9. The quantitative estimate of drug-likeness (QED) is 0.560. The van der Waals surface area contributed by atoms with Crippen molar-refractivity contribution in [1.29, 1.82) is 0 Å². The monoisotopic (exact) mass is 334 g/mol. The van der Waals surface area contributed by atoms with E-state index in [4.69, 9.17) is 23.8 Å². The van der Waals surface area contributed by atoms with Crippen molar-refractivity contribution in [2.45, 2.75) is 6.54 Å². The number of halogens is 1. The van der Waals surface area contributed by atoms with E-state index in [1.54, 1.807) is 6.08 Å². The fraction of sp³-hybridized carbons (Fsp3) is 0.0667. The molecule has 3 nitrogen and oxygen atoms in total. The highest BCUT2D eigenvalue weighted by atomic mass is 35.5. The van der Waals surface area contributed by atoms with Crippen LogP contribution in [0.2, 0.25) is 5.02 Å². The van der Waals surface area contributed by atoms with E-state index in [0.717, 1.165) is 16.0 Å². The van der Waals surface area contributed by atoms with Crippen LogP contribution in [0.4, 0.5) is 0 Å². The van der Waals surface area contributed by atoms with Gasteiger partial charge in [-0.2, -0.15) is 0 Å². The van der Waals surface area contributed by atoms with Gasteiger partial charge in [-0.15, -0.1) is 17.9 Å². The summed E-state index contributed by atoms with van der Waals surface area (Å²) in [6.07, 6.45) is 1.66. The maximum atomic E-state index is 12.5. The molecule has 0 bridgehead atoms. The molecule has 0 radical (unpaired) electrons. The Morgan fingerprint density at radius 3 is 2.95 bits per heavy atom. The molecule has 6 heteroatoms. The van der Waals surface area contributed by atoms with Gasteiger partial charge in [-0.1, -0.05) is 29.8 Å². The van der Waals surface area contributed by atoms with Gasteiger partial charge in [0.2, 0.25) is 0 Å². The van der Waals surface area contributed by atoms with Crippen LogP contribution in [0.3, 0.4) is 0 Å². The Hall–Kier alpha value is -1.69. The van der Waals surface area contributed by atoms with Crippen molar-refractivity contribution in [2.24, 2.45) is 0 Å². The number of hydrogen-bond donors (Lipinski definition) is 1. The maximum absolute atomic E-state index is 12.5. The van der Waals surface area contributed by atoms with E-state index in [2.05, 4.69) is 11.6 Å². The van der Waals surface area contributed by atoms with E-state index in [-0.39, 0.29) is 5.56 Å². The zero-order chi connectivity index (χ0) is 15.0. The summed E-state index contributed by atoms with van der Waals surface area (Å²) in [7, 11) is 0.